The van der Waals surface area contributed by atoms with Crippen LogP contribution in [0.25, 0.3) is 33.4 Å². The molecule has 0 saturated carbocycles. The van der Waals surface area contributed by atoms with Crippen molar-refractivity contribution in [2.75, 3.05) is 14.2 Å². The van der Waals surface area contributed by atoms with Gasteiger partial charge in [0.2, 0.25) is 0 Å². The van der Waals surface area contributed by atoms with Gasteiger partial charge in [0.25, 0.3) is 0 Å². The normalized spacial score (nSPS) is 10.4. The molecule has 72 heavy (non-hydrogen) atoms. The molecule has 8 rings (SSSR count). The summed E-state index contributed by atoms with van der Waals surface area (Å²) in [6.45, 7) is 0. The van der Waals surface area contributed by atoms with E-state index in [0.717, 1.165) is 16.7 Å². The number of cyclic esters (lactones) is 4. The van der Waals surface area contributed by atoms with Crippen molar-refractivity contribution < 1.29 is 106 Å². The van der Waals surface area contributed by atoms with Gasteiger partial charge in [-0.1, -0.05) is 84.9 Å². The third-order valence-electron chi connectivity index (χ3n) is 9.15. The first-order valence-electron chi connectivity index (χ1n) is 19.3. The highest BCUT2D eigenvalue weighted by atomic mass is 16.6. The number of carbonyl (C=O) groups is 8. The quantitative estimate of drug-likeness (QED) is 0.116. The second kappa shape index (κ2) is 28.9. The van der Waals surface area contributed by atoms with Crippen molar-refractivity contribution in [3.63, 3.8) is 0 Å². The van der Waals surface area contributed by atoms with E-state index in [1.807, 2.05) is 60.7 Å². The summed E-state index contributed by atoms with van der Waals surface area (Å²) >= 11 is 0. The molecule has 22 heteroatoms. The molecule has 0 bridgehead atoms. The Kier molecular flexibility index (Phi) is 22.9. The first-order valence-corrected chi connectivity index (χ1v) is 19.3. The molecule has 0 fully saturated rings. The number of methoxy groups -OCH3 is 2. The molecule has 0 atom stereocenters. The number of rotatable bonds is 7. The summed E-state index contributed by atoms with van der Waals surface area (Å²) in [5, 5.41) is 17.9. The smallest absolute Gasteiger partial charge is 0.373 e. The summed E-state index contributed by atoms with van der Waals surface area (Å²) in [7, 11) is 2.55. The highest BCUT2D eigenvalue weighted by Gasteiger charge is 2.32. The number of hydrogen-bond acceptors (Lipinski definition) is 20. The van der Waals surface area contributed by atoms with Gasteiger partial charge in [0, 0.05) is 0 Å². The van der Waals surface area contributed by atoms with E-state index in [9.17, 15) is 38.4 Å². The molecule has 362 valence electrons. The van der Waals surface area contributed by atoms with Crippen molar-refractivity contribution in [2.24, 2.45) is 0 Å². The van der Waals surface area contributed by atoms with Gasteiger partial charge in [0.05, 0.1) is 58.7 Å². The predicted octanol–water partition coefficient (Wildman–Crippen LogP) is 5.32. The van der Waals surface area contributed by atoms with Crippen LogP contribution in [0.15, 0.2) is 133 Å². The zero-order chi connectivity index (χ0) is 53.9. The average molecular weight is 983 g/mol. The van der Waals surface area contributed by atoms with Crippen LogP contribution in [0.2, 0.25) is 0 Å². The first kappa shape index (κ1) is 57.1. The Labute approximate surface area is 402 Å². The van der Waals surface area contributed by atoms with Crippen molar-refractivity contribution in [3.05, 3.63) is 178 Å². The Morgan fingerprint density at radius 3 is 1.00 bits per heavy atom. The fourth-order valence-electron chi connectivity index (χ4n) is 6.17. The minimum Gasteiger partial charge on any atom is -0.478 e. The Morgan fingerprint density at radius 2 is 0.653 bits per heavy atom. The fraction of sp³-hybridized carbons (Fsp3) is 0.0400. The lowest BCUT2D eigenvalue weighted by Gasteiger charge is -2.09. The lowest BCUT2D eigenvalue weighted by atomic mass is 9.97. The molecular formula is C50H30O22. The number of benzene rings is 6. The number of carboxylic acid groups (broad SMARTS) is 2. The number of fused-ring (bicyclic) bond motifs is 2. The molecule has 0 unspecified atom stereocenters. The van der Waals surface area contributed by atoms with Gasteiger partial charge >= 0.3 is 72.4 Å². The van der Waals surface area contributed by atoms with Gasteiger partial charge in [0.1, 0.15) is 0 Å². The van der Waals surface area contributed by atoms with E-state index in [4.69, 9.17) is 53.3 Å². The maximum Gasteiger partial charge on any atom is 0.373 e. The van der Waals surface area contributed by atoms with Crippen molar-refractivity contribution in [1.29, 1.82) is 0 Å². The third-order valence-corrected chi connectivity index (χ3v) is 9.15. The fourth-order valence-corrected chi connectivity index (χ4v) is 6.17. The monoisotopic (exact) mass is 982 g/mol. The summed E-state index contributed by atoms with van der Waals surface area (Å²) in [5.41, 5.74) is 5.33. The standard InChI is InChI=1S/C16H6O6.C16H14O4.C14H10O4.4CO2/c17-13-9-3-1-7(5-11(9)15(19)21-13)8-2-4-10-12(6-8)16(20)22-14(10)18;1-19-15(17)13-9-8-12(10-14(13)16(18)20-2)11-6-4-3-5-7-11;15-13(16)11-7-6-10(8-12(11)14(17)18)9-4-2-1-3-5-9;4*2-1-3/h1-6H;3-10H,1-2H3;1-8H,(H,15,16)(H,17,18);;;;. The minimum absolute atomic E-state index is 0.182. The first-order chi connectivity index (χ1) is 34.5. The van der Waals surface area contributed by atoms with Crippen LogP contribution in [0.3, 0.4) is 0 Å². The summed E-state index contributed by atoms with van der Waals surface area (Å²) in [5.74, 6) is -6.36. The molecule has 0 aromatic heterocycles. The predicted molar refractivity (Wildman–Crippen MR) is 232 cm³/mol. The van der Waals surface area contributed by atoms with E-state index < -0.39 is 47.8 Å². The third kappa shape index (κ3) is 15.5. The molecular weight excluding hydrogens is 953 g/mol. The molecule has 22 nitrogen and oxygen atoms in total. The molecule has 6 aromatic carbocycles. The second-order valence-electron chi connectivity index (χ2n) is 13.1. The van der Waals surface area contributed by atoms with Crippen LogP contribution in [0.1, 0.15) is 82.9 Å². The number of aromatic carboxylic acids is 2. The summed E-state index contributed by atoms with van der Waals surface area (Å²) in [6.07, 6.45) is 1.00. The SMILES string of the molecule is COC(=O)c1ccc(-c2ccccc2)cc1C(=O)OC.O=C(O)c1ccc(-c2ccccc2)cc1C(=O)O.O=C1OC(=O)c2cc(-c3ccc4c(c3)C(=O)OC4=O)ccc21.O=C=O.O=C=O.O=C=O.O=C=O. The Hall–Kier alpha value is -11.0. The maximum absolute atomic E-state index is 11.8. The Morgan fingerprint density at radius 1 is 0.361 bits per heavy atom. The van der Waals surface area contributed by atoms with Crippen molar-refractivity contribution in [1.82, 2.24) is 0 Å². The molecule has 0 spiro atoms. The van der Waals surface area contributed by atoms with Gasteiger partial charge in [-0.3, -0.25) is 0 Å². The van der Waals surface area contributed by atoms with Crippen LogP contribution in [-0.2, 0) is 57.3 Å². The van der Waals surface area contributed by atoms with Crippen LogP contribution in [0, 0.1) is 0 Å². The molecule has 0 radical (unpaired) electrons. The van der Waals surface area contributed by atoms with Crippen molar-refractivity contribution in [3.8, 4) is 33.4 Å². The number of carboxylic acids is 2. The highest BCUT2D eigenvalue weighted by molar-refractivity contribution is 6.16. The minimum atomic E-state index is -1.25. The molecule has 0 saturated heterocycles. The molecule has 2 aliphatic heterocycles. The molecule has 2 N–H and O–H groups in total. The molecule has 2 heterocycles. The maximum atomic E-state index is 11.8. The summed E-state index contributed by atoms with van der Waals surface area (Å²) in [4.78, 5) is 156. The lowest BCUT2D eigenvalue weighted by Crippen LogP contribution is -2.11. The number of ether oxygens (including phenoxy) is 4. The zero-order valence-electron chi connectivity index (χ0n) is 36.8. The molecule has 2 aliphatic rings. The van der Waals surface area contributed by atoms with Crippen molar-refractivity contribution >= 4 is 72.4 Å². The number of esters is 6. The van der Waals surface area contributed by atoms with Crippen LogP contribution in [0.5, 0.6) is 0 Å². The van der Waals surface area contributed by atoms with Gasteiger partial charge in [-0.15, -0.1) is 0 Å². The van der Waals surface area contributed by atoms with Gasteiger partial charge in [-0.2, -0.15) is 38.4 Å². The van der Waals surface area contributed by atoms with Gasteiger partial charge in [0.15, 0.2) is 0 Å². The lowest BCUT2D eigenvalue weighted by molar-refractivity contribution is -0.193. The van der Waals surface area contributed by atoms with E-state index in [0.29, 0.717) is 16.7 Å². The number of hydrogen-bond donors (Lipinski definition) is 2. The zero-order valence-corrected chi connectivity index (χ0v) is 36.8. The van der Waals surface area contributed by atoms with Crippen LogP contribution in [-0.4, -0.2) is 96.8 Å². The van der Waals surface area contributed by atoms with Crippen LogP contribution >= 0.6 is 0 Å². The van der Waals surface area contributed by atoms with E-state index in [1.165, 1.54) is 50.6 Å². The summed E-state index contributed by atoms with van der Waals surface area (Å²) in [6, 6.07) is 37.3. The highest BCUT2D eigenvalue weighted by Crippen LogP contribution is 2.31. The largest absolute Gasteiger partial charge is 0.478 e. The van der Waals surface area contributed by atoms with E-state index in [2.05, 4.69) is 14.2 Å². The van der Waals surface area contributed by atoms with E-state index in [1.54, 1.807) is 36.4 Å². The van der Waals surface area contributed by atoms with Gasteiger partial charge in [-0.05, 0) is 81.9 Å². The Balaban J connectivity index is 0.000000334. The van der Waals surface area contributed by atoms with Crippen molar-refractivity contribution in [2.45, 2.75) is 0 Å². The van der Waals surface area contributed by atoms with Crippen LogP contribution in [0.4, 0.5) is 0 Å². The summed E-state index contributed by atoms with van der Waals surface area (Å²) < 4.78 is 18.4. The van der Waals surface area contributed by atoms with E-state index >= 15 is 0 Å². The van der Waals surface area contributed by atoms with E-state index in [-0.39, 0.29) is 69.1 Å². The second-order valence-corrected chi connectivity index (χ2v) is 13.1. The molecule has 6 aromatic rings. The van der Waals surface area contributed by atoms with Crippen LogP contribution < -0.4 is 0 Å². The number of carbonyl (C=O) groups excluding carboxylic acids is 14. The topological polar surface area (TPSA) is 350 Å². The molecule has 0 amide bonds. The van der Waals surface area contributed by atoms with Gasteiger partial charge < -0.3 is 29.2 Å². The molecule has 0 aliphatic carbocycles. The van der Waals surface area contributed by atoms with Gasteiger partial charge in [-0.25, -0.2) is 38.4 Å². The Bertz CT molecular complexity index is 3030. The average Bonchev–Trinajstić information content (AvgIpc) is 3.84.